The third kappa shape index (κ3) is 3.01. The van der Waals surface area contributed by atoms with Crippen molar-refractivity contribution in [3.05, 3.63) is 0 Å². The van der Waals surface area contributed by atoms with Gasteiger partial charge in [0.15, 0.2) is 0 Å². The molecular weight excluding hydrogens is 210 g/mol. The summed E-state index contributed by atoms with van der Waals surface area (Å²) in [5.41, 5.74) is 10.7. The topological polar surface area (TPSA) is 110 Å². The highest BCUT2D eigenvalue weighted by Gasteiger charge is 2.35. The summed E-state index contributed by atoms with van der Waals surface area (Å²) in [7, 11) is 0. The Balaban J connectivity index is 2.61. The Labute approximate surface area is 94.6 Å². The maximum Gasteiger partial charge on any atom is 0.219 e. The number of aliphatic hydroxyl groups excluding tert-OH is 1. The van der Waals surface area contributed by atoms with Gasteiger partial charge in [-0.25, -0.2) is 0 Å². The number of carbonyl (C=O) groups excluding carboxylic acids is 2. The summed E-state index contributed by atoms with van der Waals surface area (Å²) in [6.45, 7) is 2.12. The zero-order valence-electron chi connectivity index (χ0n) is 9.43. The Morgan fingerprint density at radius 3 is 2.69 bits per heavy atom. The summed E-state index contributed by atoms with van der Waals surface area (Å²) >= 11 is 0. The zero-order valence-corrected chi connectivity index (χ0v) is 9.43. The van der Waals surface area contributed by atoms with Crippen LogP contribution < -0.4 is 11.5 Å². The molecule has 0 aromatic heterocycles. The fourth-order valence-corrected chi connectivity index (χ4v) is 2.13. The van der Waals surface area contributed by atoms with Crippen LogP contribution in [0, 0.1) is 0 Å². The van der Waals surface area contributed by atoms with Crippen LogP contribution in [0.1, 0.15) is 26.2 Å². The SMILES string of the molecule is CC(=O)C1CCCN1C(O)C(N)CC(N)=O. The number of likely N-dealkylation sites (tertiary alicyclic amines) is 1. The number of primary amides is 1. The van der Waals surface area contributed by atoms with Crippen molar-refractivity contribution in [1.82, 2.24) is 4.90 Å². The highest BCUT2D eigenvalue weighted by molar-refractivity contribution is 5.81. The fourth-order valence-electron chi connectivity index (χ4n) is 2.13. The maximum absolute atomic E-state index is 11.3. The number of rotatable bonds is 5. The first-order valence-corrected chi connectivity index (χ1v) is 5.41. The molecule has 0 spiro atoms. The fraction of sp³-hybridized carbons (Fsp3) is 0.800. The number of aliphatic hydroxyl groups is 1. The first-order valence-electron chi connectivity index (χ1n) is 5.41. The van der Waals surface area contributed by atoms with E-state index in [-0.39, 0.29) is 18.2 Å². The molecule has 1 amide bonds. The van der Waals surface area contributed by atoms with Gasteiger partial charge in [-0.2, -0.15) is 0 Å². The third-order valence-electron chi connectivity index (χ3n) is 2.92. The summed E-state index contributed by atoms with van der Waals surface area (Å²) < 4.78 is 0. The van der Waals surface area contributed by atoms with Crippen LogP contribution in [0.5, 0.6) is 0 Å². The Morgan fingerprint density at radius 1 is 1.56 bits per heavy atom. The molecule has 5 N–H and O–H groups in total. The monoisotopic (exact) mass is 229 g/mol. The molecule has 0 radical (unpaired) electrons. The number of amides is 1. The van der Waals surface area contributed by atoms with Crippen LogP contribution in [0.4, 0.5) is 0 Å². The second-order valence-corrected chi connectivity index (χ2v) is 4.25. The minimum Gasteiger partial charge on any atom is -0.377 e. The number of Topliss-reactive ketones (excluding diaryl/α,β-unsaturated/α-hetero) is 1. The van der Waals surface area contributed by atoms with E-state index in [4.69, 9.17) is 11.5 Å². The van der Waals surface area contributed by atoms with Crippen molar-refractivity contribution >= 4 is 11.7 Å². The summed E-state index contributed by atoms with van der Waals surface area (Å²) in [5, 5.41) is 9.93. The van der Waals surface area contributed by atoms with Gasteiger partial charge in [0.2, 0.25) is 5.91 Å². The molecule has 1 aliphatic heterocycles. The van der Waals surface area contributed by atoms with E-state index >= 15 is 0 Å². The van der Waals surface area contributed by atoms with Crippen LogP contribution in [0.25, 0.3) is 0 Å². The van der Waals surface area contributed by atoms with Crippen molar-refractivity contribution < 1.29 is 14.7 Å². The van der Waals surface area contributed by atoms with Crippen molar-refractivity contribution in [3.63, 3.8) is 0 Å². The van der Waals surface area contributed by atoms with Crippen LogP contribution in [-0.4, -0.2) is 46.6 Å². The second-order valence-electron chi connectivity index (χ2n) is 4.25. The van der Waals surface area contributed by atoms with Gasteiger partial charge in [-0.1, -0.05) is 0 Å². The lowest BCUT2D eigenvalue weighted by Gasteiger charge is -2.31. The lowest BCUT2D eigenvalue weighted by molar-refractivity contribution is -0.126. The Hall–Kier alpha value is -0.980. The van der Waals surface area contributed by atoms with Gasteiger partial charge < -0.3 is 16.6 Å². The van der Waals surface area contributed by atoms with Gasteiger partial charge in [-0.3, -0.25) is 14.5 Å². The van der Waals surface area contributed by atoms with Crippen LogP contribution >= 0.6 is 0 Å². The third-order valence-corrected chi connectivity index (χ3v) is 2.92. The first kappa shape index (κ1) is 13.1. The van der Waals surface area contributed by atoms with Crippen LogP contribution in [0.3, 0.4) is 0 Å². The number of ketones is 1. The largest absolute Gasteiger partial charge is 0.377 e. The summed E-state index contributed by atoms with van der Waals surface area (Å²) in [6.07, 6.45) is 0.520. The van der Waals surface area contributed by atoms with Gasteiger partial charge in [-0.15, -0.1) is 0 Å². The molecule has 0 aromatic carbocycles. The number of carbonyl (C=O) groups is 2. The number of nitrogens with zero attached hydrogens (tertiary/aromatic N) is 1. The lowest BCUT2D eigenvalue weighted by atomic mass is 10.1. The molecule has 0 aromatic rings. The van der Waals surface area contributed by atoms with Gasteiger partial charge in [-0.05, 0) is 19.8 Å². The standard InChI is InChI=1S/C10H19N3O3/c1-6(14)8-3-2-4-13(8)10(16)7(11)5-9(12)15/h7-8,10,16H,2-5,11H2,1H3,(H2,12,15). The molecule has 6 heteroatoms. The van der Waals surface area contributed by atoms with E-state index in [1.165, 1.54) is 6.92 Å². The molecular formula is C10H19N3O3. The Morgan fingerprint density at radius 2 is 2.19 bits per heavy atom. The zero-order chi connectivity index (χ0) is 12.3. The second kappa shape index (κ2) is 5.38. The molecule has 1 rings (SSSR count). The van der Waals surface area contributed by atoms with Crippen LogP contribution in [0.15, 0.2) is 0 Å². The first-order chi connectivity index (χ1) is 7.43. The molecule has 0 bridgehead atoms. The molecule has 3 unspecified atom stereocenters. The van der Waals surface area contributed by atoms with Crippen molar-refractivity contribution in [3.8, 4) is 0 Å². The number of hydrogen-bond acceptors (Lipinski definition) is 5. The molecule has 3 atom stereocenters. The minimum absolute atomic E-state index is 0.0165. The molecule has 1 heterocycles. The smallest absolute Gasteiger partial charge is 0.219 e. The van der Waals surface area contributed by atoms with Gasteiger partial charge >= 0.3 is 0 Å². The highest BCUT2D eigenvalue weighted by atomic mass is 16.3. The average molecular weight is 229 g/mol. The summed E-state index contributed by atoms with van der Waals surface area (Å²) in [6, 6.07) is -1.02. The molecule has 1 fully saturated rings. The predicted octanol–water partition coefficient (Wildman–Crippen LogP) is -1.44. The molecule has 6 nitrogen and oxygen atoms in total. The van der Waals surface area contributed by atoms with Gasteiger partial charge in [0.05, 0.1) is 12.1 Å². The van der Waals surface area contributed by atoms with Gasteiger partial charge in [0.25, 0.3) is 0 Å². The molecule has 1 aliphatic rings. The average Bonchev–Trinajstić information content (AvgIpc) is 2.63. The highest BCUT2D eigenvalue weighted by Crippen LogP contribution is 2.21. The van der Waals surface area contributed by atoms with E-state index in [0.717, 1.165) is 12.8 Å². The van der Waals surface area contributed by atoms with Crippen LogP contribution in [-0.2, 0) is 9.59 Å². The van der Waals surface area contributed by atoms with E-state index in [1.807, 2.05) is 0 Å². The van der Waals surface area contributed by atoms with Crippen LogP contribution in [0.2, 0.25) is 0 Å². The van der Waals surface area contributed by atoms with E-state index in [9.17, 15) is 14.7 Å². The minimum atomic E-state index is -0.983. The van der Waals surface area contributed by atoms with Crippen molar-refractivity contribution in [2.24, 2.45) is 11.5 Å². The van der Waals surface area contributed by atoms with E-state index in [1.54, 1.807) is 4.90 Å². The molecule has 16 heavy (non-hydrogen) atoms. The Bertz CT molecular complexity index is 282. The number of hydrogen-bond donors (Lipinski definition) is 3. The summed E-state index contributed by atoms with van der Waals surface area (Å²) in [5.74, 6) is -0.534. The molecule has 0 saturated carbocycles. The lowest BCUT2D eigenvalue weighted by Crippen LogP contribution is -2.52. The summed E-state index contributed by atoms with van der Waals surface area (Å²) in [4.78, 5) is 23.7. The molecule has 92 valence electrons. The maximum atomic E-state index is 11.3. The van der Waals surface area contributed by atoms with E-state index in [0.29, 0.717) is 6.54 Å². The van der Waals surface area contributed by atoms with Crippen molar-refractivity contribution in [1.29, 1.82) is 0 Å². The van der Waals surface area contributed by atoms with Crippen molar-refractivity contribution in [2.75, 3.05) is 6.54 Å². The van der Waals surface area contributed by atoms with E-state index in [2.05, 4.69) is 0 Å². The van der Waals surface area contributed by atoms with Gasteiger partial charge in [0.1, 0.15) is 12.0 Å². The molecule has 1 saturated heterocycles. The normalized spacial score (nSPS) is 25.3. The number of nitrogens with two attached hydrogens (primary N) is 2. The quantitative estimate of drug-likeness (QED) is 0.535. The predicted molar refractivity (Wildman–Crippen MR) is 58.2 cm³/mol. The van der Waals surface area contributed by atoms with Gasteiger partial charge in [0, 0.05) is 13.0 Å². The molecule has 0 aliphatic carbocycles. The van der Waals surface area contributed by atoms with Crippen molar-refractivity contribution in [2.45, 2.75) is 44.5 Å². The Kier molecular flexibility index (Phi) is 4.40. The van der Waals surface area contributed by atoms with E-state index < -0.39 is 18.2 Å².